The van der Waals surface area contributed by atoms with Crippen molar-refractivity contribution in [2.45, 2.75) is 50.4 Å². The predicted molar refractivity (Wildman–Crippen MR) is 105 cm³/mol. The molecule has 8 heteroatoms. The summed E-state index contributed by atoms with van der Waals surface area (Å²) in [6, 6.07) is 0.511. The van der Waals surface area contributed by atoms with Gasteiger partial charge in [-0.15, -0.1) is 0 Å². The molecule has 1 amide bonds. The summed E-state index contributed by atoms with van der Waals surface area (Å²) in [6.45, 7) is 5.99. The summed E-state index contributed by atoms with van der Waals surface area (Å²) >= 11 is 0. The Morgan fingerprint density at radius 1 is 1.00 bits per heavy atom. The van der Waals surface area contributed by atoms with E-state index in [4.69, 9.17) is 0 Å². The number of amides is 1. The molecule has 1 saturated carbocycles. The Kier molecular flexibility index (Phi) is 5.18. The molecule has 0 aromatic rings. The number of nitrogens with zero attached hydrogens (tertiary/aromatic N) is 4. The van der Waals surface area contributed by atoms with Crippen LogP contribution in [-0.4, -0.2) is 84.7 Å². The smallest absolute Gasteiger partial charge is 0.243 e. The molecule has 1 aliphatic carbocycles. The number of carbonyl (C=O) groups excluding carboxylic acids is 1. The third-order valence-corrected chi connectivity index (χ3v) is 7.98. The van der Waals surface area contributed by atoms with Gasteiger partial charge in [0.15, 0.2) is 6.19 Å². The van der Waals surface area contributed by atoms with E-state index in [1.165, 1.54) is 25.7 Å². The second-order valence-corrected chi connectivity index (χ2v) is 9.28. The maximum absolute atomic E-state index is 13.1. The molecule has 4 saturated heterocycles. The van der Waals surface area contributed by atoms with Gasteiger partial charge in [-0.2, -0.15) is 5.26 Å². The van der Waals surface area contributed by atoms with Gasteiger partial charge in [-0.3, -0.25) is 25.9 Å². The Morgan fingerprint density at radius 3 is 2.71 bits per heavy atom. The number of nitrogens with one attached hydrogen (secondary N) is 3. The topological polar surface area (TPSA) is 86.7 Å². The minimum Gasteiger partial charge on any atom is -0.324 e. The number of fused-ring (bicyclic) bond motifs is 2. The van der Waals surface area contributed by atoms with Gasteiger partial charge in [-0.1, -0.05) is 6.42 Å². The molecule has 154 valence electrons. The van der Waals surface area contributed by atoms with Crippen LogP contribution < -0.4 is 16.2 Å². The van der Waals surface area contributed by atoms with Crippen LogP contribution in [0, 0.1) is 29.2 Å². The van der Waals surface area contributed by atoms with Crippen molar-refractivity contribution < 1.29 is 4.79 Å². The number of carbonyl (C=O) groups is 1. The van der Waals surface area contributed by atoms with Gasteiger partial charge in [-0.25, -0.2) is 0 Å². The van der Waals surface area contributed by atoms with Crippen molar-refractivity contribution in [1.82, 2.24) is 30.9 Å². The Morgan fingerprint density at radius 2 is 1.89 bits per heavy atom. The average molecular weight is 388 g/mol. The number of hydrogen-bond donors (Lipinski definition) is 3. The van der Waals surface area contributed by atoms with Gasteiger partial charge in [-0.05, 0) is 43.4 Å². The van der Waals surface area contributed by atoms with Gasteiger partial charge in [0.1, 0.15) is 6.04 Å². The molecule has 4 aliphatic heterocycles. The number of piperazine rings is 2. The van der Waals surface area contributed by atoms with Crippen molar-refractivity contribution in [2.24, 2.45) is 17.8 Å². The summed E-state index contributed by atoms with van der Waals surface area (Å²) in [5, 5.41) is 12.9. The highest BCUT2D eigenvalue weighted by Gasteiger charge is 2.44. The zero-order valence-electron chi connectivity index (χ0n) is 16.6. The number of piperidine rings is 1. The molecule has 0 radical (unpaired) electrons. The van der Waals surface area contributed by atoms with Crippen LogP contribution in [-0.2, 0) is 4.79 Å². The maximum Gasteiger partial charge on any atom is 0.243 e. The van der Waals surface area contributed by atoms with E-state index in [9.17, 15) is 10.1 Å². The van der Waals surface area contributed by atoms with E-state index >= 15 is 0 Å². The Labute approximate surface area is 167 Å². The second-order valence-electron chi connectivity index (χ2n) is 9.28. The lowest BCUT2D eigenvalue weighted by Gasteiger charge is -2.49. The number of nitriles is 1. The lowest BCUT2D eigenvalue weighted by molar-refractivity contribution is -0.149. The van der Waals surface area contributed by atoms with E-state index in [0.29, 0.717) is 12.6 Å². The largest absolute Gasteiger partial charge is 0.324 e. The normalized spacial score (nSPS) is 42.0. The highest BCUT2D eigenvalue weighted by molar-refractivity contribution is 5.83. The zero-order chi connectivity index (χ0) is 19.1. The highest BCUT2D eigenvalue weighted by atomic mass is 16.2. The molecule has 5 aliphatic rings. The first kappa shape index (κ1) is 18.6. The molecule has 5 fully saturated rings. The molecular formula is C20H33N7O. The fourth-order valence-corrected chi connectivity index (χ4v) is 6.42. The number of hydrogen-bond acceptors (Lipinski definition) is 7. The third-order valence-electron chi connectivity index (χ3n) is 7.98. The molecule has 0 bridgehead atoms. The Bertz CT molecular complexity index is 629. The van der Waals surface area contributed by atoms with Crippen molar-refractivity contribution in [1.29, 1.82) is 5.26 Å². The maximum atomic E-state index is 13.1. The molecule has 5 unspecified atom stereocenters. The van der Waals surface area contributed by atoms with Crippen LogP contribution in [0.25, 0.3) is 0 Å². The molecule has 6 atom stereocenters. The predicted octanol–water partition coefficient (Wildman–Crippen LogP) is -0.486. The van der Waals surface area contributed by atoms with E-state index in [-0.39, 0.29) is 18.1 Å². The summed E-state index contributed by atoms with van der Waals surface area (Å²) < 4.78 is 0. The summed E-state index contributed by atoms with van der Waals surface area (Å²) in [5.41, 5.74) is 6.85. The molecule has 4 heterocycles. The quantitative estimate of drug-likeness (QED) is 0.552. The van der Waals surface area contributed by atoms with Crippen molar-refractivity contribution >= 4 is 5.91 Å². The molecule has 8 nitrogen and oxygen atoms in total. The van der Waals surface area contributed by atoms with E-state index in [1.807, 2.05) is 0 Å². The van der Waals surface area contributed by atoms with E-state index in [0.717, 1.165) is 63.4 Å². The lowest BCUT2D eigenvalue weighted by atomic mass is 9.68. The molecule has 3 N–H and O–H groups in total. The summed E-state index contributed by atoms with van der Waals surface area (Å²) in [6.07, 6.45) is 8.65. The van der Waals surface area contributed by atoms with Crippen molar-refractivity contribution in [2.75, 3.05) is 45.8 Å². The average Bonchev–Trinajstić information content (AvgIpc) is 3.23. The first-order valence-electron chi connectivity index (χ1n) is 11.2. The van der Waals surface area contributed by atoms with Gasteiger partial charge in [0.25, 0.3) is 0 Å². The standard InChI is InChI=1S/C20H33N7O/c21-13-25-6-7-26-8-9-27(20(28)18(26)12-25)19-5-4-14(10-22-19)15-2-1-3-17-16(15)11-23-24-17/h14-19,22-24H,1-12H2/t14?,15?,16?,17?,18-,19?/m1/s1. The summed E-state index contributed by atoms with van der Waals surface area (Å²) in [4.78, 5) is 19.2. The van der Waals surface area contributed by atoms with Gasteiger partial charge < -0.3 is 9.80 Å². The van der Waals surface area contributed by atoms with Crippen LogP contribution >= 0.6 is 0 Å². The Balaban J connectivity index is 1.19. The SMILES string of the molecule is N#CN1CCN2CCN(C3CCC(C4CCCC5NNCC54)CN3)C(=O)[C@H]2C1. The van der Waals surface area contributed by atoms with Gasteiger partial charge in [0.2, 0.25) is 5.91 Å². The number of rotatable bonds is 2. The van der Waals surface area contributed by atoms with Crippen LogP contribution in [0.4, 0.5) is 0 Å². The minimum atomic E-state index is -0.142. The van der Waals surface area contributed by atoms with Gasteiger partial charge in [0.05, 0.1) is 12.7 Å². The fourth-order valence-electron chi connectivity index (χ4n) is 6.42. The van der Waals surface area contributed by atoms with Gasteiger partial charge in [0, 0.05) is 45.3 Å². The summed E-state index contributed by atoms with van der Waals surface area (Å²) in [7, 11) is 0. The molecular weight excluding hydrogens is 354 g/mol. The van der Waals surface area contributed by atoms with Crippen molar-refractivity contribution in [3.8, 4) is 6.19 Å². The van der Waals surface area contributed by atoms with Crippen LogP contribution in [0.5, 0.6) is 0 Å². The van der Waals surface area contributed by atoms with Gasteiger partial charge >= 0.3 is 0 Å². The third kappa shape index (κ3) is 3.28. The summed E-state index contributed by atoms with van der Waals surface area (Å²) in [5.74, 6) is 2.50. The fraction of sp³-hybridized carbons (Fsp3) is 0.900. The lowest BCUT2D eigenvalue weighted by Crippen LogP contribution is -2.67. The van der Waals surface area contributed by atoms with E-state index < -0.39 is 0 Å². The first-order valence-corrected chi connectivity index (χ1v) is 11.2. The van der Waals surface area contributed by atoms with Crippen LogP contribution in [0.2, 0.25) is 0 Å². The van der Waals surface area contributed by atoms with Crippen molar-refractivity contribution in [3.63, 3.8) is 0 Å². The number of hydrazine groups is 1. The Hall–Kier alpha value is -1.40. The van der Waals surface area contributed by atoms with E-state index in [1.54, 1.807) is 4.90 Å². The molecule has 0 spiro atoms. The second kappa shape index (κ2) is 7.79. The van der Waals surface area contributed by atoms with Crippen molar-refractivity contribution in [3.05, 3.63) is 0 Å². The highest BCUT2D eigenvalue weighted by Crippen LogP contribution is 2.39. The molecule has 5 rings (SSSR count). The zero-order valence-corrected chi connectivity index (χ0v) is 16.6. The van der Waals surface area contributed by atoms with Crippen LogP contribution in [0.3, 0.4) is 0 Å². The minimum absolute atomic E-state index is 0.142. The van der Waals surface area contributed by atoms with Crippen LogP contribution in [0.15, 0.2) is 0 Å². The molecule has 0 aromatic carbocycles. The molecule has 28 heavy (non-hydrogen) atoms. The van der Waals surface area contributed by atoms with Crippen LogP contribution in [0.1, 0.15) is 32.1 Å². The monoisotopic (exact) mass is 387 g/mol. The molecule has 0 aromatic heterocycles. The first-order chi connectivity index (χ1) is 13.7. The van der Waals surface area contributed by atoms with E-state index in [2.05, 4.69) is 32.2 Å².